The summed E-state index contributed by atoms with van der Waals surface area (Å²) in [5, 5.41) is 4.03. The molecule has 0 unspecified atom stereocenters. The number of guanidine groups is 1. The predicted molar refractivity (Wildman–Crippen MR) is 92.2 cm³/mol. The number of anilines is 1. The standard InChI is InChI=1S/C16H24N6/c1-11(9-10-22(3)4)18-15(17)21-16-19-12(2)13-7-5-6-8-14(13)20-16/h5-8,11H,9-10H2,1-4H3,(H3,17,18,19,20,21)/t11-/m1/s1. The summed E-state index contributed by atoms with van der Waals surface area (Å²) < 4.78 is 0. The van der Waals surface area contributed by atoms with Crippen molar-refractivity contribution < 1.29 is 0 Å². The second-order valence-corrected chi connectivity index (χ2v) is 5.73. The molecule has 118 valence electrons. The lowest BCUT2D eigenvalue weighted by Crippen LogP contribution is -2.27. The number of nitrogens with one attached hydrogen (secondary N) is 1. The van der Waals surface area contributed by atoms with Crippen molar-refractivity contribution in [2.24, 2.45) is 10.7 Å². The van der Waals surface area contributed by atoms with Gasteiger partial charge in [-0.05, 0) is 47.0 Å². The van der Waals surface area contributed by atoms with Gasteiger partial charge in [0.1, 0.15) is 0 Å². The quantitative estimate of drug-likeness (QED) is 0.652. The first-order valence-corrected chi connectivity index (χ1v) is 7.44. The molecule has 2 rings (SSSR count). The number of nitrogens with two attached hydrogens (primary N) is 1. The van der Waals surface area contributed by atoms with E-state index in [1.165, 1.54) is 0 Å². The van der Waals surface area contributed by atoms with E-state index in [-0.39, 0.29) is 6.04 Å². The van der Waals surface area contributed by atoms with Crippen LogP contribution in [0, 0.1) is 6.92 Å². The summed E-state index contributed by atoms with van der Waals surface area (Å²) in [5.74, 6) is 0.832. The topological polar surface area (TPSA) is 79.4 Å². The fourth-order valence-electron chi connectivity index (χ4n) is 2.18. The summed E-state index contributed by atoms with van der Waals surface area (Å²) in [6.07, 6.45) is 0.951. The summed E-state index contributed by atoms with van der Waals surface area (Å²) in [5.41, 5.74) is 7.76. The summed E-state index contributed by atoms with van der Waals surface area (Å²) >= 11 is 0. The number of fused-ring (bicyclic) bond motifs is 1. The molecular weight excluding hydrogens is 276 g/mol. The summed E-state index contributed by atoms with van der Waals surface area (Å²) in [6.45, 7) is 4.98. The number of aromatic nitrogens is 2. The van der Waals surface area contributed by atoms with Gasteiger partial charge in [-0.1, -0.05) is 18.2 Å². The third-order valence-electron chi connectivity index (χ3n) is 3.39. The molecule has 3 N–H and O–H groups in total. The lowest BCUT2D eigenvalue weighted by Gasteiger charge is -2.13. The van der Waals surface area contributed by atoms with Crippen LogP contribution in [0.2, 0.25) is 0 Å². The van der Waals surface area contributed by atoms with Crippen LogP contribution in [0.25, 0.3) is 10.9 Å². The molecule has 1 aromatic heterocycles. The van der Waals surface area contributed by atoms with Crippen molar-refractivity contribution in [3.8, 4) is 0 Å². The molecule has 6 nitrogen and oxygen atoms in total. The first kappa shape index (κ1) is 16.2. The Kier molecular flexibility index (Phi) is 5.27. The van der Waals surface area contributed by atoms with Crippen LogP contribution in [-0.4, -0.2) is 47.5 Å². The van der Waals surface area contributed by atoms with Gasteiger partial charge in [-0.25, -0.2) is 9.97 Å². The monoisotopic (exact) mass is 300 g/mol. The molecule has 22 heavy (non-hydrogen) atoms. The Hall–Kier alpha value is -2.21. The molecule has 1 atom stereocenters. The molecule has 0 aliphatic heterocycles. The van der Waals surface area contributed by atoms with Gasteiger partial charge >= 0.3 is 0 Å². The van der Waals surface area contributed by atoms with Gasteiger partial charge in [-0.3, -0.25) is 10.3 Å². The lowest BCUT2D eigenvalue weighted by molar-refractivity contribution is 0.386. The number of benzene rings is 1. The molecule has 0 saturated heterocycles. The number of nitrogens with zero attached hydrogens (tertiary/aromatic N) is 4. The van der Waals surface area contributed by atoms with Gasteiger partial charge in [0.15, 0.2) is 5.96 Å². The molecule has 1 aromatic carbocycles. The third-order valence-corrected chi connectivity index (χ3v) is 3.39. The number of aryl methyl sites for hydroxylation is 1. The zero-order valence-corrected chi connectivity index (χ0v) is 13.7. The Labute approximate surface area is 131 Å². The molecule has 0 spiro atoms. The van der Waals surface area contributed by atoms with Crippen molar-refractivity contribution >= 4 is 22.8 Å². The molecule has 2 aromatic rings. The molecule has 1 heterocycles. The van der Waals surface area contributed by atoms with E-state index in [0.717, 1.165) is 29.6 Å². The summed E-state index contributed by atoms with van der Waals surface area (Å²) in [6, 6.07) is 8.06. The Balaban J connectivity index is 2.09. The predicted octanol–water partition coefficient (Wildman–Crippen LogP) is 2.01. The van der Waals surface area contributed by atoms with Crippen molar-refractivity contribution in [1.82, 2.24) is 14.9 Å². The second-order valence-electron chi connectivity index (χ2n) is 5.73. The van der Waals surface area contributed by atoms with E-state index in [9.17, 15) is 0 Å². The normalized spacial score (nSPS) is 13.6. The van der Waals surface area contributed by atoms with Gasteiger partial charge in [0.05, 0.1) is 17.3 Å². The number of aliphatic imine (C=N–C) groups is 1. The van der Waals surface area contributed by atoms with Crippen molar-refractivity contribution in [3.05, 3.63) is 30.0 Å². The molecule has 0 amide bonds. The minimum atomic E-state index is 0.149. The van der Waals surface area contributed by atoms with E-state index in [0.29, 0.717) is 11.9 Å². The van der Waals surface area contributed by atoms with Gasteiger partial charge in [0.2, 0.25) is 5.95 Å². The second kappa shape index (κ2) is 7.17. The molecule has 0 aliphatic rings. The molecule has 0 radical (unpaired) electrons. The van der Waals surface area contributed by atoms with Crippen LogP contribution in [0.1, 0.15) is 19.0 Å². The van der Waals surface area contributed by atoms with E-state index >= 15 is 0 Å². The maximum Gasteiger partial charge on any atom is 0.230 e. The zero-order chi connectivity index (χ0) is 16.1. The van der Waals surface area contributed by atoms with E-state index in [1.807, 2.05) is 52.2 Å². The highest BCUT2D eigenvalue weighted by atomic mass is 15.2. The van der Waals surface area contributed by atoms with E-state index in [2.05, 4.69) is 25.2 Å². The van der Waals surface area contributed by atoms with E-state index in [1.54, 1.807) is 0 Å². The van der Waals surface area contributed by atoms with Crippen molar-refractivity contribution in [1.29, 1.82) is 0 Å². The van der Waals surface area contributed by atoms with Crippen molar-refractivity contribution in [2.45, 2.75) is 26.3 Å². The Morgan fingerprint density at radius 3 is 2.77 bits per heavy atom. The van der Waals surface area contributed by atoms with Crippen LogP contribution in [0.4, 0.5) is 5.95 Å². The van der Waals surface area contributed by atoms with Crippen molar-refractivity contribution in [2.75, 3.05) is 26.0 Å². The molecule has 0 saturated carbocycles. The van der Waals surface area contributed by atoms with Crippen LogP contribution in [0.15, 0.2) is 29.3 Å². The largest absolute Gasteiger partial charge is 0.370 e. The van der Waals surface area contributed by atoms with Crippen LogP contribution < -0.4 is 11.1 Å². The molecule has 0 aliphatic carbocycles. The summed E-state index contributed by atoms with van der Waals surface area (Å²) in [7, 11) is 4.09. The van der Waals surface area contributed by atoms with Gasteiger partial charge in [0, 0.05) is 5.39 Å². The highest BCUT2D eigenvalue weighted by Crippen LogP contribution is 2.16. The van der Waals surface area contributed by atoms with Crippen LogP contribution >= 0.6 is 0 Å². The van der Waals surface area contributed by atoms with Gasteiger partial charge in [-0.2, -0.15) is 0 Å². The van der Waals surface area contributed by atoms with Crippen molar-refractivity contribution in [3.63, 3.8) is 0 Å². The SMILES string of the molecule is Cc1nc(NC(N)=N[C@H](C)CCN(C)C)nc2ccccc12. The van der Waals surface area contributed by atoms with Gasteiger partial charge in [0.25, 0.3) is 0 Å². The highest BCUT2D eigenvalue weighted by Gasteiger charge is 2.06. The Bertz CT molecular complexity index is 665. The lowest BCUT2D eigenvalue weighted by atomic mass is 10.2. The fraction of sp³-hybridized carbons (Fsp3) is 0.438. The molecule has 6 heteroatoms. The van der Waals surface area contributed by atoms with E-state index in [4.69, 9.17) is 5.73 Å². The van der Waals surface area contributed by atoms with Gasteiger partial charge < -0.3 is 10.6 Å². The molecule has 0 bridgehead atoms. The number of hydrogen-bond acceptors (Lipinski definition) is 4. The first-order valence-electron chi connectivity index (χ1n) is 7.44. The third kappa shape index (κ3) is 4.39. The average Bonchev–Trinajstić information content (AvgIpc) is 2.45. The minimum Gasteiger partial charge on any atom is -0.370 e. The Morgan fingerprint density at radius 1 is 1.32 bits per heavy atom. The van der Waals surface area contributed by atoms with Crippen LogP contribution in [-0.2, 0) is 0 Å². The highest BCUT2D eigenvalue weighted by molar-refractivity contribution is 5.92. The van der Waals surface area contributed by atoms with Gasteiger partial charge in [-0.15, -0.1) is 0 Å². The zero-order valence-electron chi connectivity index (χ0n) is 13.7. The smallest absolute Gasteiger partial charge is 0.230 e. The maximum absolute atomic E-state index is 5.95. The molecular formula is C16H24N6. The fourth-order valence-corrected chi connectivity index (χ4v) is 2.18. The summed E-state index contributed by atoms with van der Waals surface area (Å²) in [4.78, 5) is 15.5. The number of rotatable bonds is 5. The number of para-hydroxylation sites is 1. The van der Waals surface area contributed by atoms with E-state index < -0.39 is 0 Å². The van der Waals surface area contributed by atoms with Crippen LogP contribution in [0.5, 0.6) is 0 Å². The minimum absolute atomic E-state index is 0.149. The molecule has 0 fully saturated rings. The first-order chi connectivity index (χ1) is 10.5. The average molecular weight is 300 g/mol. The number of hydrogen-bond donors (Lipinski definition) is 2. The maximum atomic E-state index is 5.95. The van der Waals surface area contributed by atoms with Crippen LogP contribution in [0.3, 0.4) is 0 Å². The Morgan fingerprint density at radius 2 is 2.05 bits per heavy atom.